The molecule has 4 heterocycles. The Morgan fingerprint density at radius 3 is 3.24 bits per heavy atom. The number of oxazole rings is 1. The van der Waals surface area contributed by atoms with Crippen LogP contribution in [0.4, 0.5) is 0 Å². The van der Waals surface area contributed by atoms with Crippen molar-refractivity contribution in [2.45, 2.75) is 37.9 Å². The Labute approximate surface area is 123 Å². The molecular formula is C15H20N2O4. The Balaban J connectivity index is 1.58. The molecule has 1 spiro atoms. The number of aromatic nitrogens is 1. The minimum atomic E-state index is -0.232. The molecule has 0 unspecified atom stereocenters. The third kappa shape index (κ3) is 1.72. The van der Waals surface area contributed by atoms with Crippen LogP contribution in [0.5, 0.6) is 0 Å². The minimum Gasteiger partial charge on any atom is -0.448 e. The highest BCUT2D eigenvalue weighted by Crippen LogP contribution is 2.54. The number of hydrogen-bond donors (Lipinski definition) is 1. The predicted octanol–water partition coefficient (Wildman–Crippen LogP) is 0.849. The van der Waals surface area contributed by atoms with Crippen molar-refractivity contribution in [2.24, 2.45) is 11.8 Å². The first-order valence-corrected chi connectivity index (χ1v) is 7.69. The van der Waals surface area contributed by atoms with Gasteiger partial charge in [-0.05, 0) is 12.8 Å². The number of aliphatic hydroxyl groups excluding tert-OH is 1. The maximum absolute atomic E-state index is 12.7. The van der Waals surface area contributed by atoms with Gasteiger partial charge in [-0.2, -0.15) is 0 Å². The number of aryl methyl sites for hydroxylation is 1. The Hall–Kier alpha value is -1.40. The number of likely N-dealkylation sites (tertiary alicyclic amines) is 1. The van der Waals surface area contributed by atoms with Crippen molar-refractivity contribution < 1.29 is 19.1 Å². The number of aliphatic hydroxyl groups is 1. The van der Waals surface area contributed by atoms with Crippen molar-refractivity contribution in [3.63, 3.8) is 0 Å². The predicted molar refractivity (Wildman–Crippen MR) is 72.7 cm³/mol. The molecule has 0 aliphatic carbocycles. The van der Waals surface area contributed by atoms with E-state index in [-0.39, 0.29) is 36.1 Å². The van der Waals surface area contributed by atoms with Gasteiger partial charge in [-0.1, -0.05) is 6.92 Å². The van der Waals surface area contributed by atoms with E-state index in [2.05, 4.69) is 4.98 Å². The summed E-state index contributed by atoms with van der Waals surface area (Å²) in [5.74, 6) is 0.980. The maximum Gasteiger partial charge on any atom is 0.276 e. The second-order valence-corrected chi connectivity index (χ2v) is 6.38. The third-order valence-corrected chi connectivity index (χ3v) is 5.45. The normalized spacial score (nSPS) is 37.2. The van der Waals surface area contributed by atoms with E-state index < -0.39 is 0 Å². The average Bonchev–Trinajstić information content (AvgIpc) is 3.23. The minimum absolute atomic E-state index is 0.0758. The maximum atomic E-state index is 12.7. The van der Waals surface area contributed by atoms with Crippen LogP contribution in [-0.4, -0.2) is 52.3 Å². The number of amides is 1. The van der Waals surface area contributed by atoms with Crippen LogP contribution in [0.25, 0.3) is 0 Å². The first-order valence-electron chi connectivity index (χ1n) is 7.69. The fourth-order valence-corrected chi connectivity index (χ4v) is 4.43. The number of hydrogen-bond acceptors (Lipinski definition) is 5. The summed E-state index contributed by atoms with van der Waals surface area (Å²) in [6.45, 7) is 3.35. The topological polar surface area (TPSA) is 75.8 Å². The van der Waals surface area contributed by atoms with E-state index >= 15 is 0 Å². The summed E-state index contributed by atoms with van der Waals surface area (Å²) in [7, 11) is 0. The largest absolute Gasteiger partial charge is 0.448 e. The SMILES string of the molecule is CCc1ocnc1C(=O)N1C[C@H]2[C@@H](CO)[C@@H]3CC[C@@]2(C1)O3. The lowest BCUT2D eigenvalue weighted by Gasteiger charge is -2.27. The second kappa shape index (κ2) is 4.55. The molecule has 21 heavy (non-hydrogen) atoms. The molecule has 3 fully saturated rings. The lowest BCUT2D eigenvalue weighted by atomic mass is 9.74. The standard InChI is InChI=1S/C15H20N2O4/c1-2-11-13(16-8-20-11)14(19)17-5-10-9(6-18)12-3-4-15(10,7-17)21-12/h8-10,12,18H,2-7H2,1H3/t9-,10+,12+,15+/m1/s1. The molecule has 0 radical (unpaired) electrons. The molecule has 1 aromatic rings. The second-order valence-electron chi connectivity index (χ2n) is 6.38. The molecule has 4 atom stereocenters. The highest BCUT2D eigenvalue weighted by atomic mass is 16.5. The molecular weight excluding hydrogens is 272 g/mol. The lowest BCUT2D eigenvalue weighted by molar-refractivity contribution is 0.00146. The summed E-state index contributed by atoms with van der Waals surface area (Å²) in [6, 6.07) is 0. The number of carbonyl (C=O) groups excluding carboxylic acids is 1. The number of nitrogens with zero attached hydrogens (tertiary/aromatic N) is 2. The molecule has 2 bridgehead atoms. The van der Waals surface area contributed by atoms with Crippen LogP contribution in [0, 0.1) is 11.8 Å². The fourth-order valence-electron chi connectivity index (χ4n) is 4.43. The Morgan fingerprint density at radius 2 is 2.48 bits per heavy atom. The Morgan fingerprint density at radius 1 is 1.62 bits per heavy atom. The van der Waals surface area contributed by atoms with Gasteiger partial charge < -0.3 is 19.2 Å². The van der Waals surface area contributed by atoms with Gasteiger partial charge in [0, 0.05) is 31.4 Å². The molecule has 3 saturated heterocycles. The van der Waals surface area contributed by atoms with Gasteiger partial charge in [-0.15, -0.1) is 0 Å². The van der Waals surface area contributed by atoms with E-state index in [1.807, 2.05) is 11.8 Å². The quantitative estimate of drug-likeness (QED) is 0.894. The van der Waals surface area contributed by atoms with Crippen LogP contribution in [0.2, 0.25) is 0 Å². The summed E-state index contributed by atoms with van der Waals surface area (Å²) in [5.41, 5.74) is 0.188. The van der Waals surface area contributed by atoms with Crippen molar-refractivity contribution in [2.75, 3.05) is 19.7 Å². The number of fused-ring (bicyclic) bond motifs is 1. The van der Waals surface area contributed by atoms with Crippen LogP contribution in [0.3, 0.4) is 0 Å². The Kier molecular flexibility index (Phi) is 2.87. The molecule has 1 N–H and O–H groups in total. The monoisotopic (exact) mass is 292 g/mol. The number of ether oxygens (including phenoxy) is 1. The van der Waals surface area contributed by atoms with Crippen molar-refractivity contribution in [3.05, 3.63) is 17.8 Å². The van der Waals surface area contributed by atoms with E-state index in [1.54, 1.807) is 0 Å². The van der Waals surface area contributed by atoms with Gasteiger partial charge in [0.15, 0.2) is 12.1 Å². The van der Waals surface area contributed by atoms with Gasteiger partial charge in [0.1, 0.15) is 5.76 Å². The summed E-state index contributed by atoms with van der Waals surface area (Å²) in [6.07, 6.45) is 4.15. The molecule has 0 saturated carbocycles. The van der Waals surface area contributed by atoms with Crippen LogP contribution in [0.15, 0.2) is 10.8 Å². The number of carbonyl (C=O) groups is 1. The molecule has 6 nitrogen and oxygen atoms in total. The molecule has 0 aromatic carbocycles. The molecule has 3 aliphatic heterocycles. The van der Waals surface area contributed by atoms with Crippen LogP contribution in [-0.2, 0) is 11.2 Å². The summed E-state index contributed by atoms with van der Waals surface area (Å²) in [5, 5.41) is 9.61. The zero-order valence-electron chi connectivity index (χ0n) is 12.1. The zero-order chi connectivity index (χ0) is 14.6. The van der Waals surface area contributed by atoms with Crippen LogP contribution >= 0.6 is 0 Å². The lowest BCUT2D eigenvalue weighted by Crippen LogP contribution is -2.38. The molecule has 1 aromatic heterocycles. The molecule has 3 aliphatic rings. The highest BCUT2D eigenvalue weighted by Gasteiger charge is 2.63. The molecule has 1 amide bonds. The molecule has 6 heteroatoms. The summed E-state index contributed by atoms with van der Waals surface area (Å²) in [4.78, 5) is 18.6. The van der Waals surface area contributed by atoms with Gasteiger partial charge in [0.05, 0.1) is 18.2 Å². The molecule has 4 rings (SSSR count). The Bertz CT molecular complexity index is 572. The van der Waals surface area contributed by atoms with Crippen molar-refractivity contribution in [1.82, 2.24) is 9.88 Å². The van der Waals surface area contributed by atoms with Gasteiger partial charge in [0.25, 0.3) is 5.91 Å². The zero-order valence-corrected chi connectivity index (χ0v) is 12.1. The summed E-state index contributed by atoms with van der Waals surface area (Å²) >= 11 is 0. The first kappa shape index (κ1) is 13.3. The van der Waals surface area contributed by atoms with E-state index in [1.165, 1.54) is 6.39 Å². The van der Waals surface area contributed by atoms with Gasteiger partial charge >= 0.3 is 0 Å². The third-order valence-electron chi connectivity index (χ3n) is 5.45. The smallest absolute Gasteiger partial charge is 0.276 e. The first-order chi connectivity index (χ1) is 10.2. The number of rotatable bonds is 3. The van der Waals surface area contributed by atoms with Crippen molar-refractivity contribution in [3.8, 4) is 0 Å². The van der Waals surface area contributed by atoms with Crippen molar-refractivity contribution in [1.29, 1.82) is 0 Å². The van der Waals surface area contributed by atoms with E-state index in [4.69, 9.17) is 9.15 Å². The highest BCUT2D eigenvalue weighted by molar-refractivity contribution is 5.93. The molecule has 114 valence electrons. The summed E-state index contributed by atoms with van der Waals surface area (Å²) < 4.78 is 11.4. The van der Waals surface area contributed by atoms with Crippen LogP contribution in [0.1, 0.15) is 36.0 Å². The van der Waals surface area contributed by atoms with E-state index in [9.17, 15) is 9.90 Å². The van der Waals surface area contributed by atoms with Gasteiger partial charge in [0.2, 0.25) is 0 Å². The van der Waals surface area contributed by atoms with Crippen molar-refractivity contribution >= 4 is 5.91 Å². The fraction of sp³-hybridized carbons (Fsp3) is 0.733. The van der Waals surface area contributed by atoms with E-state index in [0.29, 0.717) is 31.0 Å². The van der Waals surface area contributed by atoms with Gasteiger partial charge in [-0.3, -0.25) is 4.79 Å². The van der Waals surface area contributed by atoms with E-state index in [0.717, 1.165) is 12.8 Å². The van der Waals surface area contributed by atoms with Crippen LogP contribution < -0.4 is 0 Å². The average molecular weight is 292 g/mol. The van der Waals surface area contributed by atoms with Gasteiger partial charge in [-0.25, -0.2) is 4.98 Å².